The molecule has 4 rings (SSSR count). The topological polar surface area (TPSA) is 41.0 Å². The number of benzene rings is 1. The van der Waals surface area contributed by atoms with Gasteiger partial charge in [0.15, 0.2) is 0 Å². The fourth-order valence-corrected chi connectivity index (χ4v) is 3.61. The van der Waals surface area contributed by atoms with Crippen molar-refractivity contribution < 1.29 is 0 Å². The standard InChI is InChI=1S/C20H22N4/c1-15-10-16(11-17-4-3-7-23-20(15)17)14-24-9-8-22-13-19(24)18-5-2-6-21-12-18/h2-7,10-12,19,22H,8-9,13-14H2,1H3. The van der Waals surface area contributed by atoms with Gasteiger partial charge in [0.05, 0.1) is 5.52 Å². The van der Waals surface area contributed by atoms with E-state index in [1.54, 1.807) is 0 Å². The second-order valence-electron chi connectivity index (χ2n) is 6.46. The zero-order valence-corrected chi connectivity index (χ0v) is 13.9. The van der Waals surface area contributed by atoms with E-state index in [9.17, 15) is 0 Å². The number of pyridine rings is 2. The molecule has 4 heteroatoms. The molecule has 1 saturated heterocycles. The Bertz CT molecular complexity index is 831. The first-order valence-electron chi connectivity index (χ1n) is 8.50. The number of nitrogens with zero attached hydrogens (tertiary/aromatic N) is 3. The molecular weight excluding hydrogens is 296 g/mol. The zero-order chi connectivity index (χ0) is 16.4. The highest BCUT2D eigenvalue weighted by atomic mass is 15.2. The van der Waals surface area contributed by atoms with Gasteiger partial charge in [-0.05, 0) is 41.8 Å². The van der Waals surface area contributed by atoms with Crippen LogP contribution in [0.1, 0.15) is 22.7 Å². The van der Waals surface area contributed by atoms with E-state index in [1.165, 1.54) is 22.1 Å². The summed E-state index contributed by atoms with van der Waals surface area (Å²) in [5.41, 5.74) is 4.98. The fraction of sp³-hybridized carbons (Fsp3) is 0.300. The minimum Gasteiger partial charge on any atom is -0.314 e. The van der Waals surface area contributed by atoms with E-state index in [0.29, 0.717) is 6.04 Å². The van der Waals surface area contributed by atoms with E-state index in [2.05, 4.69) is 51.4 Å². The average molecular weight is 318 g/mol. The van der Waals surface area contributed by atoms with Gasteiger partial charge in [-0.3, -0.25) is 14.9 Å². The Labute approximate surface area is 142 Å². The molecule has 0 aliphatic carbocycles. The van der Waals surface area contributed by atoms with E-state index >= 15 is 0 Å². The monoisotopic (exact) mass is 318 g/mol. The van der Waals surface area contributed by atoms with Crippen molar-refractivity contribution in [3.05, 3.63) is 71.7 Å². The van der Waals surface area contributed by atoms with Crippen molar-refractivity contribution >= 4 is 10.9 Å². The smallest absolute Gasteiger partial charge is 0.0731 e. The van der Waals surface area contributed by atoms with Gasteiger partial charge in [0.1, 0.15) is 0 Å². The lowest BCUT2D eigenvalue weighted by Crippen LogP contribution is -2.45. The Morgan fingerprint density at radius 3 is 3.00 bits per heavy atom. The maximum Gasteiger partial charge on any atom is 0.0731 e. The summed E-state index contributed by atoms with van der Waals surface area (Å²) in [6.45, 7) is 6.15. The maximum absolute atomic E-state index is 4.50. The highest BCUT2D eigenvalue weighted by Gasteiger charge is 2.24. The van der Waals surface area contributed by atoms with Gasteiger partial charge in [-0.1, -0.05) is 18.2 Å². The fourth-order valence-electron chi connectivity index (χ4n) is 3.61. The van der Waals surface area contributed by atoms with Gasteiger partial charge < -0.3 is 5.32 Å². The Morgan fingerprint density at radius 2 is 2.12 bits per heavy atom. The summed E-state index contributed by atoms with van der Waals surface area (Å²) in [6, 6.07) is 13.3. The molecular formula is C20H22N4. The Morgan fingerprint density at radius 1 is 1.21 bits per heavy atom. The highest BCUT2D eigenvalue weighted by molar-refractivity contribution is 5.82. The van der Waals surface area contributed by atoms with Crippen LogP contribution in [0.25, 0.3) is 10.9 Å². The Balaban J connectivity index is 1.63. The SMILES string of the molecule is Cc1cc(CN2CCNCC2c2cccnc2)cc2cccnc12. The summed E-state index contributed by atoms with van der Waals surface area (Å²) in [6.07, 6.45) is 5.69. The molecule has 1 aliphatic heterocycles. The van der Waals surface area contributed by atoms with Crippen LogP contribution < -0.4 is 5.32 Å². The molecule has 2 aromatic heterocycles. The molecule has 0 saturated carbocycles. The Hall–Kier alpha value is -2.30. The molecule has 3 heterocycles. The first kappa shape index (κ1) is 15.2. The number of aromatic nitrogens is 2. The number of piperazine rings is 1. The van der Waals surface area contributed by atoms with Gasteiger partial charge >= 0.3 is 0 Å². The Kier molecular flexibility index (Phi) is 4.24. The molecule has 0 amide bonds. The summed E-state index contributed by atoms with van der Waals surface area (Å²) < 4.78 is 0. The second kappa shape index (κ2) is 6.67. The minimum absolute atomic E-state index is 0.373. The largest absolute Gasteiger partial charge is 0.314 e. The lowest BCUT2D eigenvalue weighted by Gasteiger charge is -2.36. The molecule has 24 heavy (non-hydrogen) atoms. The first-order chi connectivity index (χ1) is 11.8. The quantitative estimate of drug-likeness (QED) is 0.806. The van der Waals surface area contributed by atoms with Crippen LogP contribution in [-0.2, 0) is 6.54 Å². The third kappa shape index (κ3) is 3.03. The number of hydrogen-bond donors (Lipinski definition) is 1. The summed E-state index contributed by atoms with van der Waals surface area (Å²) >= 11 is 0. The number of rotatable bonds is 3. The molecule has 1 fully saturated rings. The minimum atomic E-state index is 0.373. The molecule has 122 valence electrons. The molecule has 1 atom stereocenters. The van der Waals surface area contributed by atoms with Crippen LogP contribution in [0.2, 0.25) is 0 Å². The number of nitrogens with one attached hydrogen (secondary N) is 1. The van der Waals surface area contributed by atoms with E-state index in [0.717, 1.165) is 31.7 Å². The van der Waals surface area contributed by atoms with Gasteiger partial charge in [-0.25, -0.2) is 0 Å². The first-order valence-corrected chi connectivity index (χ1v) is 8.50. The van der Waals surface area contributed by atoms with E-state index in [-0.39, 0.29) is 0 Å². The van der Waals surface area contributed by atoms with Gasteiger partial charge in [0.25, 0.3) is 0 Å². The molecule has 0 spiro atoms. The molecule has 1 aliphatic rings. The summed E-state index contributed by atoms with van der Waals surface area (Å²) in [7, 11) is 0. The summed E-state index contributed by atoms with van der Waals surface area (Å²) in [5, 5.41) is 4.73. The highest BCUT2D eigenvalue weighted by Crippen LogP contribution is 2.25. The summed E-state index contributed by atoms with van der Waals surface area (Å²) in [4.78, 5) is 11.3. The average Bonchev–Trinajstić information content (AvgIpc) is 2.63. The van der Waals surface area contributed by atoms with Crippen molar-refractivity contribution in [2.24, 2.45) is 0 Å². The summed E-state index contributed by atoms with van der Waals surface area (Å²) in [5.74, 6) is 0. The number of fused-ring (bicyclic) bond motifs is 1. The number of hydrogen-bond acceptors (Lipinski definition) is 4. The molecule has 1 unspecified atom stereocenters. The van der Waals surface area contributed by atoms with Crippen LogP contribution >= 0.6 is 0 Å². The second-order valence-corrected chi connectivity index (χ2v) is 6.46. The van der Waals surface area contributed by atoms with Gasteiger partial charge in [-0.15, -0.1) is 0 Å². The number of aryl methyl sites for hydroxylation is 1. The molecule has 0 radical (unpaired) electrons. The van der Waals surface area contributed by atoms with E-state index in [4.69, 9.17) is 0 Å². The molecule has 3 aromatic rings. The molecule has 4 nitrogen and oxygen atoms in total. The van der Waals surface area contributed by atoms with Crippen molar-refractivity contribution in [3.63, 3.8) is 0 Å². The van der Waals surface area contributed by atoms with Crippen molar-refractivity contribution in [3.8, 4) is 0 Å². The van der Waals surface area contributed by atoms with Gasteiger partial charge in [0, 0.05) is 56.2 Å². The van der Waals surface area contributed by atoms with Crippen molar-refractivity contribution in [1.29, 1.82) is 0 Å². The van der Waals surface area contributed by atoms with Crippen molar-refractivity contribution in [2.75, 3.05) is 19.6 Å². The normalized spacial score (nSPS) is 18.8. The lowest BCUT2D eigenvalue weighted by atomic mass is 10.0. The van der Waals surface area contributed by atoms with Crippen LogP contribution in [-0.4, -0.2) is 34.5 Å². The predicted molar refractivity (Wildman–Crippen MR) is 96.7 cm³/mol. The third-order valence-corrected chi connectivity index (χ3v) is 4.76. The van der Waals surface area contributed by atoms with Crippen molar-refractivity contribution in [1.82, 2.24) is 20.2 Å². The van der Waals surface area contributed by atoms with Crippen LogP contribution in [0.4, 0.5) is 0 Å². The van der Waals surface area contributed by atoms with Crippen LogP contribution in [0.15, 0.2) is 55.0 Å². The maximum atomic E-state index is 4.50. The van der Waals surface area contributed by atoms with Crippen LogP contribution in [0.3, 0.4) is 0 Å². The molecule has 0 bridgehead atoms. The van der Waals surface area contributed by atoms with Crippen LogP contribution in [0.5, 0.6) is 0 Å². The predicted octanol–water partition coefficient (Wildman–Crippen LogP) is 3.08. The van der Waals surface area contributed by atoms with Crippen LogP contribution in [0, 0.1) is 6.92 Å². The van der Waals surface area contributed by atoms with Gasteiger partial charge in [0.2, 0.25) is 0 Å². The van der Waals surface area contributed by atoms with E-state index in [1.807, 2.05) is 30.7 Å². The zero-order valence-electron chi connectivity index (χ0n) is 13.9. The van der Waals surface area contributed by atoms with E-state index < -0.39 is 0 Å². The lowest BCUT2D eigenvalue weighted by molar-refractivity contribution is 0.153. The molecule has 1 aromatic carbocycles. The van der Waals surface area contributed by atoms with Crippen molar-refractivity contribution in [2.45, 2.75) is 19.5 Å². The third-order valence-electron chi connectivity index (χ3n) is 4.76. The van der Waals surface area contributed by atoms with Gasteiger partial charge in [-0.2, -0.15) is 0 Å². The molecule has 1 N–H and O–H groups in total.